The first kappa shape index (κ1) is 23.5. The van der Waals surface area contributed by atoms with Gasteiger partial charge in [-0.25, -0.2) is 0 Å². The molecule has 0 amide bonds. The fraction of sp³-hybridized carbons (Fsp3) is 0.529. The number of para-hydroxylation sites is 1. The van der Waals surface area contributed by atoms with E-state index in [0.717, 1.165) is 6.54 Å². The highest BCUT2D eigenvalue weighted by Gasteiger charge is 2.11. The van der Waals surface area contributed by atoms with Crippen molar-refractivity contribution in [3.8, 4) is 0 Å². The summed E-state index contributed by atoms with van der Waals surface area (Å²) < 4.78 is 0. The molecule has 0 bridgehead atoms. The van der Waals surface area contributed by atoms with Gasteiger partial charge in [0.2, 0.25) is 0 Å². The fourth-order valence-corrected chi connectivity index (χ4v) is 2.62. The van der Waals surface area contributed by atoms with Crippen molar-refractivity contribution in [2.45, 2.75) is 45.4 Å². The SMILES string of the molecule is Br.Br.Br.CCCCCCCCN1CC=Cc2ccccc21. The largest absolute Gasteiger partial charge is 0.367 e. The second-order valence-electron chi connectivity index (χ2n) is 5.17. The Labute approximate surface area is 161 Å². The molecule has 0 saturated heterocycles. The molecule has 1 nitrogen and oxygen atoms in total. The van der Waals surface area contributed by atoms with Crippen molar-refractivity contribution in [1.29, 1.82) is 0 Å². The van der Waals surface area contributed by atoms with Crippen molar-refractivity contribution in [2.75, 3.05) is 18.0 Å². The molecule has 1 aromatic rings. The van der Waals surface area contributed by atoms with E-state index in [2.05, 4.69) is 48.2 Å². The van der Waals surface area contributed by atoms with Gasteiger partial charge in [-0.05, 0) is 18.1 Å². The molecule has 122 valence electrons. The summed E-state index contributed by atoms with van der Waals surface area (Å²) in [5, 5.41) is 0. The first-order valence-corrected chi connectivity index (χ1v) is 7.42. The normalized spacial score (nSPS) is 11.8. The molecule has 0 atom stereocenters. The van der Waals surface area contributed by atoms with Crippen LogP contribution in [-0.4, -0.2) is 13.1 Å². The third kappa shape index (κ3) is 7.85. The highest BCUT2D eigenvalue weighted by molar-refractivity contribution is 8.93. The number of hydrogen-bond donors (Lipinski definition) is 0. The first-order chi connectivity index (χ1) is 8.92. The van der Waals surface area contributed by atoms with Gasteiger partial charge >= 0.3 is 0 Å². The number of unbranched alkanes of at least 4 members (excludes halogenated alkanes) is 5. The lowest BCUT2D eigenvalue weighted by Crippen LogP contribution is -2.26. The van der Waals surface area contributed by atoms with Crippen LogP contribution in [0.3, 0.4) is 0 Å². The average Bonchev–Trinajstić information content (AvgIpc) is 2.43. The maximum Gasteiger partial charge on any atom is 0.0442 e. The molecule has 1 aliphatic heterocycles. The van der Waals surface area contributed by atoms with Gasteiger partial charge in [-0.3, -0.25) is 0 Å². The Morgan fingerprint density at radius 3 is 2.33 bits per heavy atom. The lowest BCUT2D eigenvalue weighted by molar-refractivity contribution is 0.603. The van der Waals surface area contributed by atoms with Gasteiger partial charge in [0.05, 0.1) is 0 Å². The molecule has 0 saturated carbocycles. The van der Waals surface area contributed by atoms with Gasteiger partial charge in [0.1, 0.15) is 0 Å². The van der Waals surface area contributed by atoms with Crippen molar-refractivity contribution in [1.82, 2.24) is 0 Å². The van der Waals surface area contributed by atoms with E-state index in [1.165, 1.54) is 56.3 Å². The molecule has 0 unspecified atom stereocenters. The molecule has 1 aromatic carbocycles. The Morgan fingerprint density at radius 1 is 0.905 bits per heavy atom. The summed E-state index contributed by atoms with van der Waals surface area (Å²) in [6, 6.07) is 8.72. The number of rotatable bonds is 7. The summed E-state index contributed by atoms with van der Waals surface area (Å²) >= 11 is 0. The Morgan fingerprint density at radius 2 is 1.57 bits per heavy atom. The summed E-state index contributed by atoms with van der Waals surface area (Å²) in [5.74, 6) is 0. The summed E-state index contributed by atoms with van der Waals surface area (Å²) in [5.41, 5.74) is 2.78. The first-order valence-electron chi connectivity index (χ1n) is 7.42. The predicted octanol–water partition coefficient (Wildman–Crippen LogP) is 6.61. The molecule has 1 aliphatic rings. The number of anilines is 1. The van der Waals surface area contributed by atoms with Gasteiger partial charge in [0.25, 0.3) is 0 Å². The third-order valence-electron chi connectivity index (χ3n) is 3.68. The Kier molecular flexibility index (Phi) is 15.5. The van der Waals surface area contributed by atoms with Gasteiger partial charge in [-0.15, -0.1) is 50.9 Å². The van der Waals surface area contributed by atoms with Crippen LogP contribution in [0.1, 0.15) is 51.0 Å². The van der Waals surface area contributed by atoms with Crippen molar-refractivity contribution < 1.29 is 0 Å². The maximum atomic E-state index is 2.51. The minimum atomic E-state index is 0. The number of nitrogens with zero attached hydrogens (tertiary/aromatic N) is 1. The summed E-state index contributed by atoms with van der Waals surface area (Å²) in [6.07, 6.45) is 12.8. The maximum absolute atomic E-state index is 2.51. The van der Waals surface area contributed by atoms with Gasteiger partial charge in [-0.1, -0.05) is 69.4 Å². The van der Waals surface area contributed by atoms with E-state index < -0.39 is 0 Å². The summed E-state index contributed by atoms with van der Waals surface area (Å²) in [6.45, 7) is 4.55. The molecule has 0 spiro atoms. The van der Waals surface area contributed by atoms with E-state index in [9.17, 15) is 0 Å². The monoisotopic (exact) mass is 483 g/mol. The van der Waals surface area contributed by atoms with Crippen LogP contribution in [0.25, 0.3) is 6.08 Å². The van der Waals surface area contributed by atoms with Crippen LogP contribution in [0.4, 0.5) is 5.69 Å². The second-order valence-corrected chi connectivity index (χ2v) is 5.17. The lowest BCUT2D eigenvalue weighted by Gasteiger charge is -2.28. The van der Waals surface area contributed by atoms with Gasteiger partial charge in [0, 0.05) is 18.8 Å². The molecule has 0 aromatic heterocycles. The summed E-state index contributed by atoms with van der Waals surface area (Å²) in [4.78, 5) is 2.51. The van der Waals surface area contributed by atoms with Gasteiger partial charge in [-0.2, -0.15) is 0 Å². The van der Waals surface area contributed by atoms with E-state index in [1.54, 1.807) is 0 Å². The molecular formula is C17H28Br3N. The van der Waals surface area contributed by atoms with Crippen LogP contribution < -0.4 is 4.90 Å². The molecule has 0 aliphatic carbocycles. The smallest absolute Gasteiger partial charge is 0.0442 e. The van der Waals surface area contributed by atoms with Crippen LogP contribution in [0.15, 0.2) is 30.3 Å². The Bertz CT molecular complexity index is 393. The average molecular weight is 486 g/mol. The Hall–Kier alpha value is 0.200. The van der Waals surface area contributed by atoms with Crippen molar-refractivity contribution in [3.63, 3.8) is 0 Å². The van der Waals surface area contributed by atoms with Crippen LogP contribution >= 0.6 is 50.9 Å². The highest BCUT2D eigenvalue weighted by Crippen LogP contribution is 2.25. The van der Waals surface area contributed by atoms with E-state index in [-0.39, 0.29) is 50.9 Å². The highest BCUT2D eigenvalue weighted by atomic mass is 79.9. The van der Waals surface area contributed by atoms with E-state index in [1.807, 2.05) is 0 Å². The zero-order valence-electron chi connectivity index (χ0n) is 12.8. The molecule has 1 heterocycles. The standard InChI is InChI=1S/C17H25N.3BrH/c1-2-3-4-5-6-9-14-18-15-10-12-16-11-7-8-13-17(16)18;;;/h7-8,10-13H,2-6,9,14-15H2,1H3;3*1H. The zero-order chi connectivity index (χ0) is 12.6. The van der Waals surface area contributed by atoms with Crippen LogP contribution in [0.5, 0.6) is 0 Å². The molecular weight excluding hydrogens is 458 g/mol. The van der Waals surface area contributed by atoms with Crippen molar-refractivity contribution >= 4 is 62.7 Å². The summed E-state index contributed by atoms with van der Waals surface area (Å²) in [7, 11) is 0. The lowest BCUT2D eigenvalue weighted by atomic mass is 10.1. The van der Waals surface area contributed by atoms with Gasteiger partial charge < -0.3 is 4.90 Å². The van der Waals surface area contributed by atoms with E-state index >= 15 is 0 Å². The third-order valence-corrected chi connectivity index (χ3v) is 3.68. The van der Waals surface area contributed by atoms with Crippen molar-refractivity contribution in [3.05, 3.63) is 35.9 Å². The predicted molar refractivity (Wildman–Crippen MR) is 112 cm³/mol. The molecule has 21 heavy (non-hydrogen) atoms. The quantitative estimate of drug-likeness (QED) is 0.392. The zero-order valence-corrected chi connectivity index (χ0v) is 17.9. The molecule has 4 heteroatoms. The van der Waals surface area contributed by atoms with Crippen LogP contribution in [0.2, 0.25) is 0 Å². The number of fused-ring (bicyclic) bond motifs is 1. The number of hydrogen-bond acceptors (Lipinski definition) is 1. The molecule has 0 radical (unpaired) electrons. The van der Waals surface area contributed by atoms with E-state index in [4.69, 9.17) is 0 Å². The Balaban J connectivity index is 0. The molecule has 0 N–H and O–H groups in total. The van der Waals surface area contributed by atoms with Gasteiger partial charge in [0.15, 0.2) is 0 Å². The minimum Gasteiger partial charge on any atom is -0.367 e. The van der Waals surface area contributed by atoms with Crippen molar-refractivity contribution in [2.24, 2.45) is 0 Å². The molecule has 0 fully saturated rings. The fourth-order valence-electron chi connectivity index (χ4n) is 2.62. The van der Waals surface area contributed by atoms with E-state index in [0.29, 0.717) is 0 Å². The number of halogens is 3. The second kappa shape index (κ2) is 13.8. The van der Waals surface area contributed by atoms with Crippen LogP contribution in [0, 0.1) is 0 Å². The topological polar surface area (TPSA) is 3.24 Å². The minimum absolute atomic E-state index is 0. The van der Waals surface area contributed by atoms with Crippen LogP contribution in [-0.2, 0) is 0 Å². The molecule has 2 rings (SSSR count). The number of benzene rings is 1.